The highest BCUT2D eigenvalue weighted by Crippen LogP contribution is 2.26. The van der Waals surface area contributed by atoms with Crippen molar-refractivity contribution in [2.24, 2.45) is 17.8 Å². The first-order valence-corrected chi connectivity index (χ1v) is 11.1. The lowest BCUT2D eigenvalue weighted by atomic mass is 9.83. The van der Waals surface area contributed by atoms with Crippen LogP contribution in [0.4, 0.5) is 0 Å². The van der Waals surface area contributed by atoms with Crippen molar-refractivity contribution in [3.8, 4) is 6.07 Å². The Morgan fingerprint density at radius 3 is 2.71 bits per heavy atom. The van der Waals surface area contributed by atoms with E-state index in [4.69, 9.17) is 4.42 Å². The molecule has 1 aromatic carbocycles. The largest absolute Gasteiger partial charge is 0.453 e. The van der Waals surface area contributed by atoms with E-state index in [0.29, 0.717) is 24.8 Å². The maximum Gasteiger partial charge on any atom is 0.224 e. The van der Waals surface area contributed by atoms with Crippen LogP contribution in [0.3, 0.4) is 0 Å². The third-order valence-corrected chi connectivity index (χ3v) is 5.93. The Bertz CT molecular complexity index is 952. The molecular formula is C25H30N2O4. The van der Waals surface area contributed by atoms with Crippen molar-refractivity contribution in [2.75, 3.05) is 0 Å². The molecule has 1 aliphatic rings. The molecule has 0 unspecified atom stereocenters. The number of nitriles is 1. The molecule has 1 heterocycles. The normalized spacial score (nSPS) is 18.5. The van der Waals surface area contributed by atoms with Crippen molar-refractivity contribution in [2.45, 2.75) is 64.8 Å². The molecule has 3 rings (SSSR count). The van der Waals surface area contributed by atoms with E-state index in [1.165, 1.54) is 0 Å². The minimum absolute atomic E-state index is 0.0182. The van der Waals surface area contributed by atoms with Gasteiger partial charge in [-0.05, 0) is 43.7 Å². The fraction of sp³-hybridized carbons (Fsp3) is 0.520. The van der Waals surface area contributed by atoms with Gasteiger partial charge < -0.3 is 9.73 Å². The predicted molar refractivity (Wildman–Crippen MR) is 117 cm³/mol. The van der Waals surface area contributed by atoms with Gasteiger partial charge in [0.25, 0.3) is 0 Å². The van der Waals surface area contributed by atoms with Crippen LogP contribution in [0.2, 0.25) is 0 Å². The number of amides is 1. The fourth-order valence-electron chi connectivity index (χ4n) is 4.32. The van der Waals surface area contributed by atoms with E-state index in [2.05, 4.69) is 11.4 Å². The summed E-state index contributed by atoms with van der Waals surface area (Å²) >= 11 is 0. The van der Waals surface area contributed by atoms with Crippen LogP contribution in [0, 0.1) is 29.1 Å². The molecule has 1 saturated carbocycles. The molecule has 6 nitrogen and oxygen atoms in total. The quantitative estimate of drug-likeness (QED) is 0.584. The molecule has 1 fully saturated rings. The number of hydrogen-bond acceptors (Lipinski definition) is 5. The van der Waals surface area contributed by atoms with Crippen LogP contribution in [0.1, 0.15) is 69.3 Å². The number of carbonyl (C=O) groups is 3. The summed E-state index contributed by atoms with van der Waals surface area (Å²) in [6.07, 6.45) is 4.09. The van der Waals surface area contributed by atoms with E-state index in [1.54, 1.807) is 12.1 Å². The molecule has 31 heavy (non-hydrogen) atoms. The van der Waals surface area contributed by atoms with Crippen LogP contribution in [0.15, 0.2) is 34.7 Å². The first-order valence-electron chi connectivity index (χ1n) is 11.1. The summed E-state index contributed by atoms with van der Waals surface area (Å²) in [5.41, 5.74) is 0.636. The first kappa shape index (κ1) is 22.7. The van der Waals surface area contributed by atoms with Crippen LogP contribution < -0.4 is 5.32 Å². The molecule has 3 atom stereocenters. The number of nitrogens with one attached hydrogen (secondary N) is 1. The lowest BCUT2D eigenvalue weighted by molar-refractivity contribution is -0.127. The standard InChI is InChI=1S/C25H30N2O4/c1-16(2)11-19(13-22(29)24-14-18-8-4-6-10-23(18)31-24)25(30)27-20(15-26)12-17-7-3-5-9-21(17)28/h4,6,8,10,14,16-17,19-20H,3,5,7,9,11-13H2,1-2H3,(H,27,30)/t17-,19+,20-/m0/s1. The molecule has 0 saturated heterocycles. The summed E-state index contributed by atoms with van der Waals surface area (Å²) in [5.74, 6) is -0.634. The highest BCUT2D eigenvalue weighted by molar-refractivity contribution is 5.99. The highest BCUT2D eigenvalue weighted by atomic mass is 16.3. The molecule has 1 amide bonds. The Morgan fingerprint density at radius 2 is 2.03 bits per heavy atom. The van der Waals surface area contributed by atoms with Gasteiger partial charge in [0.2, 0.25) is 5.91 Å². The van der Waals surface area contributed by atoms with Crippen molar-refractivity contribution < 1.29 is 18.8 Å². The smallest absolute Gasteiger partial charge is 0.224 e. The van der Waals surface area contributed by atoms with Gasteiger partial charge in [-0.1, -0.05) is 38.5 Å². The van der Waals surface area contributed by atoms with Crippen molar-refractivity contribution in [3.63, 3.8) is 0 Å². The molecule has 6 heteroatoms. The average molecular weight is 423 g/mol. The SMILES string of the molecule is CC(C)C[C@H](CC(=O)c1cc2ccccc2o1)C(=O)N[C@H](C#N)C[C@@H]1CCCCC1=O. The van der Waals surface area contributed by atoms with Gasteiger partial charge >= 0.3 is 0 Å². The van der Waals surface area contributed by atoms with Gasteiger partial charge in [0.1, 0.15) is 17.4 Å². The highest BCUT2D eigenvalue weighted by Gasteiger charge is 2.30. The van der Waals surface area contributed by atoms with E-state index in [9.17, 15) is 19.6 Å². The number of carbonyl (C=O) groups excluding carboxylic acids is 3. The molecule has 1 aliphatic carbocycles. The number of rotatable bonds is 9. The maximum absolute atomic E-state index is 13.0. The zero-order chi connectivity index (χ0) is 22.4. The number of hydrogen-bond donors (Lipinski definition) is 1. The summed E-state index contributed by atoms with van der Waals surface area (Å²) in [5, 5.41) is 13.2. The second kappa shape index (κ2) is 10.4. The summed E-state index contributed by atoms with van der Waals surface area (Å²) in [6.45, 7) is 3.99. The van der Waals surface area contributed by atoms with Gasteiger partial charge in [-0.15, -0.1) is 0 Å². The van der Waals surface area contributed by atoms with E-state index in [1.807, 2.05) is 32.0 Å². The third-order valence-electron chi connectivity index (χ3n) is 5.93. The topological polar surface area (TPSA) is 100 Å². The van der Waals surface area contributed by atoms with Crippen LogP contribution in [-0.2, 0) is 9.59 Å². The van der Waals surface area contributed by atoms with Gasteiger partial charge in [0.15, 0.2) is 11.5 Å². The Labute approximate surface area is 183 Å². The number of nitrogens with zero attached hydrogens (tertiary/aromatic N) is 1. The van der Waals surface area contributed by atoms with E-state index in [-0.39, 0.29) is 41.5 Å². The monoisotopic (exact) mass is 422 g/mol. The molecule has 164 valence electrons. The average Bonchev–Trinajstić information content (AvgIpc) is 3.18. The maximum atomic E-state index is 13.0. The molecule has 1 N–H and O–H groups in total. The van der Waals surface area contributed by atoms with E-state index in [0.717, 1.165) is 24.6 Å². The van der Waals surface area contributed by atoms with E-state index < -0.39 is 12.0 Å². The molecule has 0 aliphatic heterocycles. The molecule has 0 spiro atoms. The molecular weight excluding hydrogens is 392 g/mol. The number of fused-ring (bicyclic) bond motifs is 1. The Hall–Kier alpha value is -2.94. The van der Waals surface area contributed by atoms with Crippen molar-refractivity contribution >= 4 is 28.4 Å². The first-order chi connectivity index (χ1) is 14.9. The number of benzene rings is 1. The lowest BCUT2D eigenvalue weighted by Gasteiger charge is -2.24. The zero-order valence-electron chi connectivity index (χ0n) is 18.2. The molecule has 0 radical (unpaired) electrons. The van der Waals surface area contributed by atoms with Crippen LogP contribution in [0.5, 0.6) is 0 Å². The number of ketones is 2. The van der Waals surface area contributed by atoms with Crippen LogP contribution in [0.25, 0.3) is 11.0 Å². The van der Waals surface area contributed by atoms with Crippen molar-refractivity contribution in [3.05, 3.63) is 36.1 Å². The summed E-state index contributed by atoms with van der Waals surface area (Å²) in [6, 6.07) is 10.5. The molecule has 0 bridgehead atoms. The van der Waals surface area contributed by atoms with Crippen LogP contribution in [-0.4, -0.2) is 23.5 Å². The van der Waals surface area contributed by atoms with Gasteiger partial charge in [-0.2, -0.15) is 5.26 Å². The van der Waals surface area contributed by atoms with Gasteiger partial charge in [-0.3, -0.25) is 14.4 Å². The molecule has 2 aromatic rings. The van der Waals surface area contributed by atoms with Gasteiger partial charge in [0.05, 0.1) is 6.07 Å². The Kier molecular flexibility index (Phi) is 7.62. The minimum Gasteiger partial charge on any atom is -0.453 e. The van der Waals surface area contributed by atoms with Crippen molar-refractivity contribution in [1.82, 2.24) is 5.32 Å². The van der Waals surface area contributed by atoms with Crippen molar-refractivity contribution in [1.29, 1.82) is 5.26 Å². The summed E-state index contributed by atoms with van der Waals surface area (Å²) < 4.78 is 5.66. The third kappa shape index (κ3) is 6.04. The summed E-state index contributed by atoms with van der Waals surface area (Å²) in [7, 11) is 0. The van der Waals surface area contributed by atoms with E-state index >= 15 is 0 Å². The number of furan rings is 1. The van der Waals surface area contributed by atoms with Gasteiger partial charge in [0, 0.05) is 30.1 Å². The second-order valence-electron chi connectivity index (χ2n) is 8.94. The van der Waals surface area contributed by atoms with Gasteiger partial charge in [-0.25, -0.2) is 0 Å². The second-order valence-corrected chi connectivity index (χ2v) is 8.94. The molecule has 1 aromatic heterocycles. The minimum atomic E-state index is -0.726. The van der Waals surface area contributed by atoms with Crippen LogP contribution >= 0.6 is 0 Å². The fourth-order valence-corrected chi connectivity index (χ4v) is 4.32. The zero-order valence-corrected chi connectivity index (χ0v) is 18.2. The number of Topliss-reactive ketones (excluding diaryl/α,β-unsaturated/α-hetero) is 2. The lowest BCUT2D eigenvalue weighted by Crippen LogP contribution is -2.41. The Morgan fingerprint density at radius 1 is 1.26 bits per heavy atom. The number of para-hydroxylation sites is 1. The Balaban J connectivity index is 1.66. The predicted octanol–water partition coefficient (Wildman–Crippen LogP) is 4.83. The summed E-state index contributed by atoms with van der Waals surface area (Å²) in [4.78, 5) is 37.9.